The van der Waals surface area contributed by atoms with Crippen LogP contribution < -0.4 is 15.8 Å². The van der Waals surface area contributed by atoms with Crippen molar-refractivity contribution < 1.29 is 13.9 Å². The highest BCUT2D eigenvalue weighted by Crippen LogP contribution is 2.19. The maximum absolute atomic E-state index is 11.8. The lowest BCUT2D eigenvalue weighted by Crippen LogP contribution is -2.28. The van der Waals surface area contributed by atoms with E-state index >= 15 is 0 Å². The van der Waals surface area contributed by atoms with Gasteiger partial charge in [0.2, 0.25) is 11.8 Å². The van der Waals surface area contributed by atoms with E-state index in [1.807, 2.05) is 26.0 Å². The monoisotopic (exact) mass is 289 g/mol. The number of nitrogen functional groups attached to an aromatic ring is 1. The molecular formula is C15H19N3O3. The van der Waals surface area contributed by atoms with Gasteiger partial charge in [0.25, 0.3) is 0 Å². The Balaban J connectivity index is 1.76. The Hall–Kier alpha value is -2.50. The molecule has 1 aromatic carbocycles. The first-order valence-electron chi connectivity index (χ1n) is 6.75. The van der Waals surface area contributed by atoms with Crippen molar-refractivity contribution in [2.75, 3.05) is 12.3 Å². The Morgan fingerprint density at radius 1 is 1.48 bits per heavy atom. The summed E-state index contributed by atoms with van der Waals surface area (Å²) in [5.41, 5.74) is 6.31. The lowest BCUT2D eigenvalue weighted by atomic mass is 10.3. The van der Waals surface area contributed by atoms with Gasteiger partial charge in [0.05, 0.1) is 24.9 Å². The van der Waals surface area contributed by atoms with Gasteiger partial charge in [-0.25, -0.2) is 4.98 Å². The topological polar surface area (TPSA) is 90.4 Å². The molecule has 0 saturated heterocycles. The fraction of sp³-hybridized carbons (Fsp3) is 0.333. The predicted octanol–water partition coefficient (Wildman–Crippen LogP) is 2.21. The van der Waals surface area contributed by atoms with Crippen molar-refractivity contribution in [3.05, 3.63) is 42.1 Å². The molecule has 1 atom stereocenters. The van der Waals surface area contributed by atoms with Crippen LogP contribution in [0.1, 0.15) is 31.0 Å². The second-order valence-electron chi connectivity index (χ2n) is 4.73. The molecule has 0 aliphatic rings. The molecule has 3 N–H and O–H groups in total. The van der Waals surface area contributed by atoms with Gasteiger partial charge in [-0.05, 0) is 26.0 Å². The summed E-state index contributed by atoms with van der Waals surface area (Å²) in [4.78, 5) is 15.9. The minimum atomic E-state index is -0.270. The second-order valence-corrected chi connectivity index (χ2v) is 4.73. The van der Waals surface area contributed by atoms with Crippen molar-refractivity contribution in [3.63, 3.8) is 0 Å². The number of benzene rings is 1. The molecule has 2 aromatic rings. The first-order valence-corrected chi connectivity index (χ1v) is 6.75. The van der Waals surface area contributed by atoms with E-state index in [2.05, 4.69) is 10.3 Å². The molecule has 0 fully saturated rings. The van der Waals surface area contributed by atoms with Crippen LogP contribution in [0.25, 0.3) is 0 Å². The molecule has 6 heteroatoms. The Labute approximate surface area is 123 Å². The summed E-state index contributed by atoms with van der Waals surface area (Å²) in [6.45, 7) is 3.89. The fourth-order valence-electron chi connectivity index (χ4n) is 1.81. The summed E-state index contributed by atoms with van der Waals surface area (Å²) >= 11 is 0. The van der Waals surface area contributed by atoms with Gasteiger partial charge in [-0.15, -0.1) is 0 Å². The zero-order valence-electron chi connectivity index (χ0n) is 12.1. The Kier molecular flexibility index (Phi) is 4.81. The average Bonchev–Trinajstić information content (AvgIpc) is 2.88. The third-order valence-electron chi connectivity index (χ3n) is 2.89. The van der Waals surface area contributed by atoms with Gasteiger partial charge in [0.1, 0.15) is 17.6 Å². The number of carbonyl (C=O) groups is 1. The van der Waals surface area contributed by atoms with E-state index in [1.165, 1.54) is 0 Å². The number of hydrogen-bond acceptors (Lipinski definition) is 5. The minimum Gasteiger partial charge on any atom is -0.491 e. The smallest absolute Gasteiger partial charge is 0.224 e. The minimum absolute atomic E-state index is 0.132. The van der Waals surface area contributed by atoms with Crippen LogP contribution >= 0.6 is 0 Å². The number of para-hydroxylation sites is 2. The third kappa shape index (κ3) is 4.24. The van der Waals surface area contributed by atoms with Gasteiger partial charge >= 0.3 is 0 Å². The summed E-state index contributed by atoms with van der Waals surface area (Å²) < 4.78 is 10.8. The molecule has 1 amide bonds. The first-order chi connectivity index (χ1) is 10.1. The fourth-order valence-corrected chi connectivity index (χ4v) is 1.81. The molecule has 0 radical (unpaired) electrons. The van der Waals surface area contributed by atoms with Crippen molar-refractivity contribution in [2.45, 2.75) is 26.3 Å². The standard InChI is InChI=1S/C15H19N3O3/c1-10-9-17-15(21-10)11(2)18-14(19)7-8-20-13-6-4-3-5-12(13)16/h3-6,9,11H,7-8,16H2,1-2H3,(H,18,19). The van der Waals surface area contributed by atoms with Crippen molar-refractivity contribution in [1.82, 2.24) is 10.3 Å². The number of amides is 1. The van der Waals surface area contributed by atoms with Gasteiger partial charge < -0.3 is 20.2 Å². The van der Waals surface area contributed by atoms with Gasteiger partial charge in [0.15, 0.2) is 0 Å². The molecule has 6 nitrogen and oxygen atoms in total. The number of hydrogen-bond donors (Lipinski definition) is 2. The summed E-state index contributed by atoms with van der Waals surface area (Å²) in [6.07, 6.45) is 1.86. The molecule has 0 spiro atoms. The van der Waals surface area contributed by atoms with Crippen LogP contribution in [0.2, 0.25) is 0 Å². The number of nitrogens with zero attached hydrogens (tertiary/aromatic N) is 1. The first kappa shape index (κ1) is 14.9. The van der Waals surface area contributed by atoms with Crippen LogP contribution in [-0.2, 0) is 4.79 Å². The molecule has 112 valence electrons. The zero-order chi connectivity index (χ0) is 15.2. The van der Waals surface area contributed by atoms with Gasteiger partial charge in [0, 0.05) is 0 Å². The number of carbonyl (C=O) groups excluding carboxylic acids is 1. The number of anilines is 1. The number of rotatable bonds is 6. The highest BCUT2D eigenvalue weighted by molar-refractivity contribution is 5.76. The SMILES string of the molecule is Cc1cnc(C(C)NC(=O)CCOc2ccccc2N)o1. The predicted molar refractivity (Wildman–Crippen MR) is 78.8 cm³/mol. The molecule has 0 bridgehead atoms. The Bertz CT molecular complexity index is 610. The van der Waals surface area contributed by atoms with E-state index in [4.69, 9.17) is 14.9 Å². The molecule has 1 heterocycles. The lowest BCUT2D eigenvalue weighted by Gasteiger charge is -2.11. The number of nitrogens with one attached hydrogen (secondary N) is 1. The number of aryl methyl sites for hydroxylation is 1. The summed E-state index contributed by atoms with van der Waals surface area (Å²) in [5.74, 6) is 1.66. The molecule has 0 saturated carbocycles. The molecular weight excluding hydrogens is 270 g/mol. The molecule has 21 heavy (non-hydrogen) atoms. The maximum Gasteiger partial charge on any atom is 0.224 e. The molecule has 0 aliphatic heterocycles. The second kappa shape index (κ2) is 6.78. The molecule has 0 aliphatic carbocycles. The third-order valence-corrected chi connectivity index (χ3v) is 2.89. The normalized spacial score (nSPS) is 11.9. The number of nitrogens with two attached hydrogens (primary N) is 1. The quantitative estimate of drug-likeness (QED) is 0.796. The van der Waals surface area contributed by atoms with Crippen LogP contribution in [0, 0.1) is 6.92 Å². The van der Waals surface area contributed by atoms with E-state index in [0.717, 1.165) is 0 Å². The van der Waals surface area contributed by atoms with Crippen molar-refractivity contribution in [2.24, 2.45) is 0 Å². The number of aromatic nitrogens is 1. The van der Waals surface area contributed by atoms with Crippen LogP contribution in [0.5, 0.6) is 5.75 Å². The van der Waals surface area contributed by atoms with Crippen molar-refractivity contribution >= 4 is 11.6 Å². The highest BCUT2D eigenvalue weighted by atomic mass is 16.5. The van der Waals surface area contributed by atoms with E-state index in [9.17, 15) is 4.79 Å². The van der Waals surface area contributed by atoms with Crippen LogP contribution in [0.3, 0.4) is 0 Å². The molecule has 1 aromatic heterocycles. The van der Waals surface area contributed by atoms with E-state index in [-0.39, 0.29) is 25.0 Å². The van der Waals surface area contributed by atoms with Crippen LogP contribution in [-0.4, -0.2) is 17.5 Å². The summed E-state index contributed by atoms with van der Waals surface area (Å²) in [7, 11) is 0. The van der Waals surface area contributed by atoms with Crippen molar-refractivity contribution in [1.29, 1.82) is 0 Å². The maximum atomic E-state index is 11.8. The summed E-state index contributed by atoms with van der Waals surface area (Å²) in [6, 6.07) is 6.91. The van der Waals surface area contributed by atoms with Crippen LogP contribution in [0.4, 0.5) is 5.69 Å². The Morgan fingerprint density at radius 2 is 2.24 bits per heavy atom. The number of oxazole rings is 1. The molecule has 2 rings (SSSR count). The summed E-state index contributed by atoms with van der Waals surface area (Å²) in [5, 5.41) is 2.80. The largest absolute Gasteiger partial charge is 0.491 e. The van der Waals surface area contributed by atoms with Gasteiger partial charge in [-0.3, -0.25) is 4.79 Å². The van der Waals surface area contributed by atoms with E-state index < -0.39 is 0 Å². The highest BCUT2D eigenvalue weighted by Gasteiger charge is 2.14. The van der Waals surface area contributed by atoms with Gasteiger partial charge in [-0.2, -0.15) is 0 Å². The molecule has 1 unspecified atom stereocenters. The number of ether oxygens (including phenoxy) is 1. The zero-order valence-corrected chi connectivity index (χ0v) is 12.1. The van der Waals surface area contributed by atoms with Crippen molar-refractivity contribution in [3.8, 4) is 5.75 Å². The van der Waals surface area contributed by atoms with Gasteiger partial charge in [-0.1, -0.05) is 12.1 Å². The average molecular weight is 289 g/mol. The lowest BCUT2D eigenvalue weighted by molar-refractivity contribution is -0.122. The van der Waals surface area contributed by atoms with E-state index in [1.54, 1.807) is 18.3 Å². The van der Waals surface area contributed by atoms with Crippen LogP contribution in [0.15, 0.2) is 34.9 Å². The van der Waals surface area contributed by atoms with E-state index in [0.29, 0.717) is 23.1 Å². The Morgan fingerprint density at radius 3 is 2.90 bits per heavy atom.